The zero-order chi connectivity index (χ0) is 17.1. The highest BCUT2D eigenvalue weighted by Gasteiger charge is 2.16. The van der Waals surface area contributed by atoms with Crippen LogP contribution in [0, 0.1) is 4.91 Å². The molecule has 0 saturated carbocycles. The van der Waals surface area contributed by atoms with Crippen LogP contribution in [0.1, 0.15) is 11.4 Å². The third-order valence-electron chi connectivity index (χ3n) is 4.56. The van der Waals surface area contributed by atoms with Crippen LogP contribution in [-0.2, 0) is 17.8 Å². The van der Waals surface area contributed by atoms with Crippen LogP contribution in [0.15, 0.2) is 53.7 Å². The maximum absolute atomic E-state index is 10.8. The first-order chi connectivity index (χ1) is 12.3. The largest absolute Gasteiger partial charge is 0.379 e. The van der Waals surface area contributed by atoms with Gasteiger partial charge in [-0.3, -0.25) is 4.90 Å². The minimum absolute atomic E-state index is 0.455. The number of ether oxygens (including phenoxy) is 1. The second-order valence-corrected chi connectivity index (χ2v) is 6.25. The van der Waals surface area contributed by atoms with E-state index >= 15 is 0 Å². The zero-order valence-corrected chi connectivity index (χ0v) is 14.0. The molecular weight excluding hydrogens is 316 g/mol. The van der Waals surface area contributed by atoms with E-state index in [-0.39, 0.29) is 0 Å². The Bertz CT molecular complexity index is 884. The fourth-order valence-electron chi connectivity index (χ4n) is 3.28. The highest BCUT2D eigenvalue weighted by Crippen LogP contribution is 2.21. The molecule has 6 nitrogen and oxygen atoms in total. The second kappa shape index (κ2) is 7.13. The molecule has 4 rings (SSSR count). The van der Waals surface area contributed by atoms with Gasteiger partial charge >= 0.3 is 0 Å². The molecule has 1 aromatic heterocycles. The Labute approximate surface area is 146 Å². The van der Waals surface area contributed by atoms with Gasteiger partial charge < -0.3 is 9.30 Å². The molecule has 3 aromatic rings. The first kappa shape index (κ1) is 15.9. The Morgan fingerprint density at radius 1 is 1.04 bits per heavy atom. The predicted molar refractivity (Wildman–Crippen MR) is 96.8 cm³/mol. The van der Waals surface area contributed by atoms with Crippen LogP contribution < -0.4 is 0 Å². The van der Waals surface area contributed by atoms with Gasteiger partial charge in [-0.1, -0.05) is 24.3 Å². The summed E-state index contributed by atoms with van der Waals surface area (Å²) in [4.78, 5) is 18.0. The lowest BCUT2D eigenvalue weighted by Gasteiger charge is -2.26. The number of morpholine rings is 1. The van der Waals surface area contributed by atoms with E-state index in [1.807, 2.05) is 36.4 Å². The number of nitrogens with zero attached hydrogens (tertiary/aromatic N) is 4. The number of aromatic nitrogens is 2. The SMILES string of the molecule is O=Nc1cccc(Cn2c(CN3CCOCC3)nc3ccccc32)c1. The van der Waals surface area contributed by atoms with E-state index in [9.17, 15) is 4.91 Å². The highest BCUT2D eigenvalue weighted by atomic mass is 16.5. The smallest absolute Gasteiger partial charge is 0.124 e. The summed E-state index contributed by atoms with van der Waals surface area (Å²) >= 11 is 0. The molecule has 0 aliphatic carbocycles. The molecule has 0 atom stereocenters. The summed E-state index contributed by atoms with van der Waals surface area (Å²) in [6.45, 7) is 4.86. The van der Waals surface area contributed by atoms with Gasteiger partial charge in [-0.05, 0) is 35.0 Å². The fourth-order valence-corrected chi connectivity index (χ4v) is 3.28. The topological polar surface area (TPSA) is 59.7 Å². The van der Waals surface area contributed by atoms with E-state index in [1.54, 1.807) is 6.07 Å². The molecule has 0 radical (unpaired) electrons. The van der Waals surface area contributed by atoms with E-state index in [4.69, 9.17) is 9.72 Å². The quantitative estimate of drug-likeness (QED) is 0.671. The number of benzene rings is 2. The molecule has 0 amide bonds. The Morgan fingerprint density at radius 3 is 2.72 bits per heavy atom. The van der Waals surface area contributed by atoms with Crippen molar-refractivity contribution >= 4 is 16.7 Å². The summed E-state index contributed by atoms with van der Waals surface area (Å²) in [5.41, 5.74) is 3.60. The van der Waals surface area contributed by atoms with E-state index in [2.05, 4.69) is 20.7 Å². The molecule has 128 valence electrons. The monoisotopic (exact) mass is 336 g/mol. The number of fused-ring (bicyclic) bond motifs is 1. The van der Waals surface area contributed by atoms with Crippen LogP contribution in [0.3, 0.4) is 0 Å². The fraction of sp³-hybridized carbons (Fsp3) is 0.316. The summed E-state index contributed by atoms with van der Waals surface area (Å²) in [5, 5.41) is 3.04. The van der Waals surface area contributed by atoms with E-state index in [0.717, 1.165) is 55.3 Å². The summed E-state index contributed by atoms with van der Waals surface area (Å²) in [6.07, 6.45) is 0. The number of nitroso groups, excluding NO2 is 1. The van der Waals surface area contributed by atoms with Gasteiger partial charge in [0.05, 0.1) is 30.8 Å². The van der Waals surface area contributed by atoms with Crippen molar-refractivity contribution in [3.8, 4) is 0 Å². The standard InChI is InChI=1S/C19H20N4O2/c24-21-16-5-3-4-15(12-16)13-23-18-7-2-1-6-17(18)20-19(23)14-22-8-10-25-11-9-22/h1-7,12H,8-11,13-14H2. The lowest BCUT2D eigenvalue weighted by molar-refractivity contribution is 0.0327. The van der Waals surface area contributed by atoms with Gasteiger partial charge in [0, 0.05) is 19.6 Å². The van der Waals surface area contributed by atoms with Gasteiger partial charge in [0.1, 0.15) is 11.5 Å². The molecule has 1 fully saturated rings. The van der Waals surface area contributed by atoms with Crippen LogP contribution in [0.2, 0.25) is 0 Å². The first-order valence-electron chi connectivity index (χ1n) is 8.50. The van der Waals surface area contributed by atoms with Crippen LogP contribution in [0.5, 0.6) is 0 Å². The summed E-state index contributed by atoms with van der Waals surface area (Å²) in [7, 11) is 0. The van der Waals surface area contributed by atoms with Crippen molar-refractivity contribution in [3.05, 3.63) is 64.8 Å². The molecule has 1 aliphatic rings. The Kier molecular flexibility index (Phi) is 4.54. The van der Waals surface area contributed by atoms with Crippen molar-refractivity contribution in [2.24, 2.45) is 5.18 Å². The second-order valence-electron chi connectivity index (χ2n) is 6.25. The summed E-state index contributed by atoms with van der Waals surface area (Å²) in [5.74, 6) is 1.03. The average Bonchev–Trinajstić information content (AvgIpc) is 3.00. The summed E-state index contributed by atoms with van der Waals surface area (Å²) in [6, 6.07) is 15.6. The van der Waals surface area contributed by atoms with Gasteiger partial charge in [0.15, 0.2) is 0 Å². The lowest BCUT2D eigenvalue weighted by atomic mass is 10.2. The van der Waals surface area contributed by atoms with Gasteiger partial charge in [-0.2, -0.15) is 0 Å². The lowest BCUT2D eigenvalue weighted by Crippen LogP contribution is -2.36. The van der Waals surface area contributed by atoms with Crippen molar-refractivity contribution in [2.45, 2.75) is 13.1 Å². The van der Waals surface area contributed by atoms with Crippen LogP contribution >= 0.6 is 0 Å². The van der Waals surface area contributed by atoms with Gasteiger partial charge in [-0.15, -0.1) is 4.91 Å². The van der Waals surface area contributed by atoms with Crippen LogP contribution in [0.4, 0.5) is 5.69 Å². The minimum atomic E-state index is 0.455. The number of hydrogen-bond donors (Lipinski definition) is 0. The maximum Gasteiger partial charge on any atom is 0.124 e. The van der Waals surface area contributed by atoms with Crippen molar-refractivity contribution in [1.29, 1.82) is 0 Å². The normalized spacial score (nSPS) is 15.5. The Hall–Kier alpha value is -2.57. The van der Waals surface area contributed by atoms with Crippen LogP contribution in [-0.4, -0.2) is 40.8 Å². The third-order valence-corrected chi connectivity index (χ3v) is 4.56. The Balaban J connectivity index is 1.69. The van der Waals surface area contributed by atoms with E-state index in [0.29, 0.717) is 12.2 Å². The highest BCUT2D eigenvalue weighted by molar-refractivity contribution is 5.76. The minimum Gasteiger partial charge on any atom is -0.379 e. The van der Waals surface area contributed by atoms with Gasteiger partial charge in [0.2, 0.25) is 0 Å². The molecule has 25 heavy (non-hydrogen) atoms. The summed E-state index contributed by atoms with van der Waals surface area (Å²) < 4.78 is 7.67. The van der Waals surface area contributed by atoms with E-state index in [1.165, 1.54) is 0 Å². The number of para-hydroxylation sites is 2. The first-order valence-corrected chi connectivity index (χ1v) is 8.50. The van der Waals surface area contributed by atoms with Crippen molar-refractivity contribution in [1.82, 2.24) is 14.5 Å². The number of rotatable bonds is 5. The molecule has 2 heterocycles. The average molecular weight is 336 g/mol. The molecule has 0 spiro atoms. The Morgan fingerprint density at radius 2 is 1.88 bits per heavy atom. The molecule has 1 saturated heterocycles. The molecule has 6 heteroatoms. The maximum atomic E-state index is 10.8. The van der Waals surface area contributed by atoms with Gasteiger partial charge in [-0.25, -0.2) is 4.98 Å². The van der Waals surface area contributed by atoms with Crippen molar-refractivity contribution in [3.63, 3.8) is 0 Å². The molecule has 0 bridgehead atoms. The molecule has 0 unspecified atom stereocenters. The number of hydrogen-bond acceptors (Lipinski definition) is 5. The zero-order valence-electron chi connectivity index (χ0n) is 14.0. The molecule has 1 aliphatic heterocycles. The van der Waals surface area contributed by atoms with Crippen molar-refractivity contribution in [2.75, 3.05) is 26.3 Å². The van der Waals surface area contributed by atoms with E-state index < -0.39 is 0 Å². The number of imidazole rings is 1. The molecule has 0 N–H and O–H groups in total. The predicted octanol–water partition coefficient (Wildman–Crippen LogP) is 3.31. The molecule has 2 aromatic carbocycles. The van der Waals surface area contributed by atoms with Crippen LogP contribution in [0.25, 0.3) is 11.0 Å². The molecular formula is C19H20N4O2. The third kappa shape index (κ3) is 3.45. The van der Waals surface area contributed by atoms with Gasteiger partial charge in [0.25, 0.3) is 0 Å². The van der Waals surface area contributed by atoms with Crippen molar-refractivity contribution < 1.29 is 4.74 Å².